The normalized spacial score (nSPS) is 14.5. The first-order chi connectivity index (χ1) is 15.5. The summed E-state index contributed by atoms with van der Waals surface area (Å²) in [6.45, 7) is 7.72. The second kappa shape index (κ2) is 10.1. The molecule has 1 amide bonds. The van der Waals surface area contributed by atoms with Crippen molar-refractivity contribution in [3.05, 3.63) is 82.4 Å². The molecular formula is C26H31FN4O. The van der Waals surface area contributed by atoms with Crippen LogP contribution in [0.5, 0.6) is 0 Å². The lowest BCUT2D eigenvalue weighted by molar-refractivity contribution is -0.120. The molecule has 1 aliphatic heterocycles. The van der Waals surface area contributed by atoms with E-state index in [9.17, 15) is 9.18 Å². The number of rotatable bonds is 7. The van der Waals surface area contributed by atoms with Crippen LogP contribution in [0, 0.1) is 19.7 Å². The van der Waals surface area contributed by atoms with Gasteiger partial charge in [0.1, 0.15) is 5.82 Å². The van der Waals surface area contributed by atoms with Gasteiger partial charge in [0.15, 0.2) is 0 Å². The van der Waals surface area contributed by atoms with Crippen LogP contribution in [0.1, 0.15) is 47.3 Å². The van der Waals surface area contributed by atoms with E-state index in [0.29, 0.717) is 6.54 Å². The van der Waals surface area contributed by atoms with E-state index in [2.05, 4.69) is 39.6 Å². The Morgan fingerprint density at radius 2 is 1.62 bits per heavy atom. The summed E-state index contributed by atoms with van der Waals surface area (Å²) in [5.74, 6) is -0.318. The van der Waals surface area contributed by atoms with Crippen LogP contribution in [0.2, 0.25) is 0 Å². The largest absolute Gasteiger partial charge is 0.352 e. The van der Waals surface area contributed by atoms with Crippen molar-refractivity contribution in [1.82, 2.24) is 20.0 Å². The number of aryl methyl sites for hydroxylation is 1. The molecule has 1 aliphatic rings. The van der Waals surface area contributed by atoms with E-state index in [1.165, 1.54) is 50.0 Å². The molecule has 32 heavy (non-hydrogen) atoms. The van der Waals surface area contributed by atoms with Gasteiger partial charge >= 0.3 is 0 Å². The van der Waals surface area contributed by atoms with Crippen LogP contribution in [-0.4, -0.2) is 33.7 Å². The van der Waals surface area contributed by atoms with Gasteiger partial charge in [-0.15, -0.1) is 0 Å². The lowest BCUT2D eigenvalue weighted by Crippen LogP contribution is -2.29. The number of carbonyl (C=O) groups excluding carboxylic acids is 1. The van der Waals surface area contributed by atoms with Crippen molar-refractivity contribution < 1.29 is 9.18 Å². The van der Waals surface area contributed by atoms with Gasteiger partial charge in [0.05, 0.1) is 17.8 Å². The molecule has 0 unspecified atom stereocenters. The van der Waals surface area contributed by atoms with Crippen LogP contribution < -0.4 is 5.32 Å². The van der Waals surface area contributed by atoms with Crippen molar-refractivity contribution in [2.75, 3.05) is 13.1 Å². The average molecular weight is 435 g/mol. The van der Waals surface area contributed by atoms with Crippen LogP contribution in [0.15, 0.2) is 48.5 Å². The van der Waals surface area contributed by atoms with Crippen LogP contribution in [-0.2, 0) is 24.3 Å². The Morgan fingerprint density at radius 3 is 2.31 bits per heavy atom. The molecule has 168 valence electrons. The van der Waals surface area contributed by atoms with Crippen molar-refractivity contribution in [2.45, 2.75) is 52.6 Å². The maximum atomic E-state index is 13.2. The number of amides is 1. The predicted octanol–water partition coefficient (Wildman–Crippen LogP) is 4.47. The number of nitrogens with one attached hydrogen (secondary N) is 1. The summed E-state index contributed by atoms with van der Waals surface area (Å²) in [6, 6.07) is 14.7. The fourth-order valence-corrected chi connectivity index (χ4v) is 4.33. The zero-order chi connectivity index (χ0) is 22.5. The van der Waals surface area contributed by atoms with Crippen LogP contribution in [0.25, 0.3) is 5.69 Å². The highest BCUT2D eigenvalue weighted by molar-refractivity contribution is 5.79. The molecular weight excluding hydrogens is 403 g/mol. The van der Waals surface area contributed by atoms with Crippen molar-refractivity contribution in [3.63, 3.8) is 0 Å². The highest BCUT2D eigenvalue weighted by Gasteiger charge is 2.16. The summed E-state index contributed by atoms with van der Waals surface area (Å²) >= 11 is 0. The molecule has 3 aromatic rings. The van der Waals surface area contributed by atoms with Gasteiger partial charge in [-0.25, -0.2) is 9.07 Å². The van der Waals surface area contributed by atoms with Gasteiger partial charge in [0.2, 0.25) is 5.91 Å². The van der Waals surface area contributed by atoms with Crippen molar-refractivity contribution in [3.8, 4) is 5.69 Å². The smallest absolute Gasteiger partial charge is 0.224 e. The van der Waals surface area contributed by atoms with Crippen LogP contribution >= 0.6 is 0 Å². The lowest BCUT2D eigenvalue weighted by atomic mass is 10.1. The summed E-state index contributed by atoms with van der Waals surface area (Å²) in [6.07, 6.45) is 4.21. The summed E-state index contributed by atoms with van der Waals surface area (Å²) in [4.78, 5) is 15.1. The molecule has 1 N–H and O–H groups in total. The molecule has 0 atom stereocenters. The Morgan fingerprint density at radius 1 is 0.969 bits per heavy atom. The molecule has 2 heterocycles. The first-order valence-electron chi connectivity index (χ1n) is 11.4. The van der Waals surface area contributed by atoms with E-state index < -0.39 is 0 Å². The summed E-state index contributed by atoms with van der Waals surface area (Å²) < 4.78 is 15.0. The fourth-order valence-electron chi connectivity index (χ4n) is 4.33. The molecule has 0 radical (unpaired) electrons. The van der Waals surface area contributed by atoms with Gasteiger partial charge in [-0.05, 0) is 75.2 Å². The molecule has 1 saturated heterocycles. The summed E-state index contributed by atoms with van der Waals surface area (Å²) in [7, 11) is 0. The van der Waals surface area contributed by atoms with Gasteiger partial charge in [-0.1, -0.05) is 30.7 Å². The minimum absolute atomic E-state index is 0.0350. The number of aromatic nitrogens is 2. The van der Waals surface area contributed by atoms with E-state index >= 15 is 0 Å². The number of nitrogens with zero attached hydrogens (tertiary/aromatic N) is 3. The zero-order valence-corrected chi connectivity index (χ0v) is 18.9. The topological polar surface area (TPSA) is 50.2 Å². The molecule has 6 heteroatoms. The number of hydrogen-bond acceptors (Lipinski definition) is 3. The molecule has 0 aliphatic carbocycles. The van der Waals surface area contributed by atoms with E-state index in [0.717, 1.165) is 34.7 Å². The molecule has 5 nitrogen and oxygen atoms in total. The predicted molar refractivity (Wildman–Crippen MR) is 124 cm³/mol. The minimum atomic E-state index is -0.283. The maximum Gasteiger partial charge on any atom is 0.224 e. The number of hydrogen-bond donors (Lipinski definition) is 1. The molecule has 2 aromatic carbocycles. The highest BCUT2D eigenvalue weighted by atomic mass is 19.1. The van der Waals surface area contributed by atoms with E-state index in [4.69, 9.17) is 0 Å². The second-order valence-corrected chi connectivity index (χ2v) is 8.64. The molecule has 1 fully saturated rings. The quantitative estimate of drug-likeness (QED) is 0.597. The van der Waals surface area contributed by atoms with Gasteiger partial charge in [0.25, 0.3) is 0 Å². The zero-order valence-electron chi connectivity index (χ0n) is 18.9. The molecule has 0 spiro atoms. The average Bonchev–Trinajstić information content (AvgIpc) is 3.08. The van der Waals surface area contributed by atoms with Crippen molar-refractivity contribution >= 4 is 5.91 Å². The molecule has 1 aromatic heterocycles. The van der Waals surface area contributed by atoms with E-state index in [1.54, 1.807) is 16.8 Å². The number of halogens is 1. The summed E-state index contributed by atoms with van der Waals surface area (Å²) in [5, 5.41) is 7.57. The number of piperidine rings is 1. The Hall–Kier alpha value is -2.99. The van der Waals surface area contributed by atoms with E-state index in [-0.39, 0.29) is 18.1 Å². The van der Waals surface area contributed by atoms with Gasteiger partial charge in [-0.2, -0.15) is 5.10 Å². The Kier molecular flexibility index (Phi) is 7.00. The molecule has 0 saturated carbocycles. The third-order valence-corrected chi connectivity index (χ3v) is 6.22. The first-order valence-corrected chi connectivity index (χ1v) is 11.4. The van der Waals surface area contributed by atoms with Gasteiger partial charge in [-0.3, -0.25) is 9.69 Å². The maximum absolute atomic E-state index is 13.2. The third-order valence-electron chi connectivity index (χ3n) is 6.22. The Labute approximate surface area is 189 Å². The number of carbonyl (C=O) groups is 1. The molecule has 4 rings (SSSR count). The van der Waals surface area contributed by atoms with Gasteiger partial charge in [0, 0.05) is 24.3 Å². The first kappa shape index (κ1) is 22.2. The highest BCUT2D eigenvalue weighted by Crippen LogP contribution is 2.19. The Bertz CT molecular complexity index is 1050. The van der Waals surface area contributed by atoms with Crippen LogP contribution in [0.3, 0.4) is 0 Å². The van der Waals surface area contributed by atoms with E-state index in [1.807, 2.05) is 13.8 Å². The third kappa shape index (κ3) is 5.43. The lowest BCUT2D eigenvalue weighted by Gasteiger charge is -2.26. The van der Waals surface area contributed by atoms with Crippen molar-refractivity contribution in [1.29, 1.82) is 0 Å². The standard InChI is InChI=1S/C26H31FN4O/c1-19-25(20(2)31(29-19)24-12-10-23(27)11-13-24)16-26(32)28-17-21-6-8-22(9-7-21)18-30-14-4-3-5-15-30/h6-13H,3-5,14-18H2,1-2H3,(H,28,32). The Balaban J connectivity index is 1.32. The SMILES string of the molecule is Cc1nn(-c2ccc(F)cc2)c(C)c1CC(=O)NCc1ccc(CN2CCCCC2)cc1. The monoisotopic (exact) mass is 434 g/mol. The number of benzene rings is 2. The number of likely N-dealkylation sites (tertiary alicyclic amines) is 1. The molecule has 0 bridgehead atoms. The van der Waals surface area contributed by atoms with Crippen molar-refractivity contribution in [2.24, 2.45) is 0 Å². The summed E-state index contributed by atoms with van der Waals surface area (Å²) in [5.41, 5.74) is 5.81. The van der Waals surface area contributed by atoms with Gasteiger partial charge < -0.3 is 5.32 Å². The second-order valence-electron chi connectivity index (χ2n) is 8.64. The van der Waals surface area contributed by atoms with Crippen LogP contribution in [0.4, 0.5) is 4.39 Å². The minimum Gasteiger partial charge on any atom is -0.352 e. The fraction of sp³-hybridized carbons (Fsp3) is 0.385.